The molecule has 6 N–H and O–H groups in total. The molecular formula is C18H17N3O6. The number of anilines is 2. The third-order valence-corrected chi connectivity index (χ3v) is 3.78. The number of rotatable bonds is 6. The van der Waals surface area contributed by atoms with Crippen molar-refractivity contribution in [2.24, 2.45) is 11.5 Å². The highest BCUT2D eigenvalue weighted by Crippen LogP contribution is 2.29. The van der Waals surface area contributed by atoms with Crippen LogP contribution in [0.3, 0.4) is 0 Å². The van der Waals surface area contributed by atoms with Crippen LogP contribution in [0.5, 0.6) is 0 Å². The molecule has 0 heterocycles. The number of aromatic carboxylic acids is 1. The molecule has 0 aliphatic heterocycles. The first-order valence-corrected chi connectivity index (χ1v) is 7.76. The fourth-order valence-electron chi connectivity index (χ4n) is 2.45. The van der Waals surface area contributed by atoms with Gasteiger partial charge in [-0.25, -0.2) is 9.59 Å². The predicted molar refractivity (Wildman–Crippen MR) is 95.5 cm³/mol. The number of hydrogen-bond acceptors (Lipinski definition) is 5. The quantitative estimate of drug-likeness (QED) is 0.536. The highest BCUT2D eigenvalue weighted by atomic mass is 16.4. The molecule has 0 spiro atoms. The van der Waals surface area contributed by atoms with E-state index in [0.29, 0.717) is 5.56 Å². The summed E-state index contributed by atoms with van der Waals surface area (Å²) in [6.45, 7) is 0. The Hall–Kier alpha value is -3.72. The third kappa shape index (κ3) is 4.47. The standard InChI is InChI=1S/C18H17N3O6/c19-13(15(20)22)9-10-5-7-11(8-6-10)21(16(23)18(26)27)14-4-2-1-3-12(14)17(24)25/h1-8,13H,9,19H2,(H2,20,22)(H,24,25)(H,26,27). The molecule has 9 heteroatoms. The van der Waals surface area contributed by atoms with Crippen molar-refractivity contribution in [3.05, 3.63) is 59.7 Å². The molecule has 0 saturated carbocycles. The van der Waals surface area contributed by atoms with Gasteiger partial charge in [0.2, 0.25) is 5.91 Å². The number of carbonyl (C=O) groups excluding carboxylic acids is 2. The molecule has 2 amide bonds. The number of carbonyl (C=O) groups is 4. The molecule has 1 atom stereocenters. The second-order valence-electron chi connectivity index (χ2n) is 5.65. The fraction of sp³-hybridized carbons (Fsp3) is 0.111. The number of hydrogen-bond donors (Lipinski definition) is 4. The Morgan fingerprint density at radius 1 is 0.963 bits per heavy atom. The Bertz CT molecular complexity index is 894. The van der Waals surface area contributed by atoms with Crippen molar-refractivity contribution in [1.82, 2.24) is 0 Å². The van der Waals surface area contributed by atoms with Crippen molar-refractivity contribution in [3.8, 4) is 0 Å². The van der Waals surface area contributed by atoms with Gasteiger partial charge in [0.25, 0.3) is 0 Å². The van der Waals surface area contributed by atoms with E-state index in [-0.39, 0.29) is 23.4 Å². The van der Waals surface area contributed by atoms with E-state index in [2.05, 4.69) is 0 Å². The van der Waals surface area contributed by atoms with Gasteiger partial charge >= 0.3 is 17.8 Å². The van der Waals surface area contributed by atoms with Crippen LogP contribution < -0.4 is 16.4 Å². The van der Waals surface area contributed by atoms with E-state index in [1.165, 1.54) is 36.4 Å². The van der Waals surface area contributed by atoms with Gasteiger partial charge in [0.05, 0.1) is 17.3 Å². The highest BCUT2D eigenvalue weighted by molar-refractivity contribution is 6.39. The number of nitrogens with two attached hydrogens (primary N) is 2. The average Bonchev–Trinajstić information content (AvgIpc) is 2.63. The van der Waals surface area contributed by atoms with Crippen LogP contribution in [0.1, 0.15) is 15.9 Å². The van der Waals surface area contributed by atoms with E-state index in [1.54, 1.807) is 12.1 Å². The summed E-state index contributed by atoms with van der Waals surface area (Å²) in [6.07, 6.45) is 0.161. The lowest BCUT2D eigenvalue weighted by Crippen LogP contribution is -2.38. The van der Waals surface area contributed by atoms with Crippen molar-refractivity contribution in [3.63, 3.8) is 0 Å². The number of primary amides is 1. The molecule has 0 aliphatic carbocycles. The molecule has 9 nitrogen and oxygen atoms in total. The van der Waals surface area contributed by atoms with Crippen LogP contribution in [0, 0.1) is 0 Å². The Balaban J connectivity index is 2.47. The summed E-state index contributed by atoms with van der Waals surface area (Å²) in [7, 11) is 0. The number of amides is 2. The van der Waals surface area contributed by atoms with Gasteiger partial charge in [-0.1, -0.05) is 24.3 Å². The first-order chi connectivity index (χ1) is 12.7. The van der Waals surface area contributed by atoms with Gasteiger partial charge in [0.1, 0.15) is 0 Å². The maximum absolute atomic E-state index is 12.2. The second kappa shape index (κ2) is 8.11. The molecule has 0 fully saturated rings. The summed E-state index contributed by atoms with van der Waals surface area (Å²) in [6, 6.07) is 10.6. The SMILES string of the molecule is NC(=O)C(N)Cc1ccc(N(C(=O)C(=O)O)c2ccccc2C(=O)O)cc1. The number of carboxylic acid groups (broad SMARTS) is 2. The van der Waals surface area contributed by atoms with E-state index in [9.17, 15) is 24.3 Å². The van der Waals surface area contributed by atoms with E-state index < -0.39 is 29.8 Å². The van der Waals surface area contributed by atoms with Crippen molar-refractivity contribution >= 4 is 35.1 Å². The van der Waals surface area contributed by atoms with Crippen LogP contribution >= 0.6 is 0 Å². The predicted octanol–water partition coefficient (Wildman–Crippen LogP) is 0.489. The summed E-state index contributed by atoms with van der Waals surface area (Å²) in [4.78, 5) is 46.8. The van der Waals surface area contributed by atoms with Crippen molar-refractivity contribution in [2.45, 2.75) is 12.5 Å². The highest BCUT2D eigenvalue weighted by Gasteiger charge is 2.27. The molecular weight excluding hydrogens is 354 g/mol. The fourth-order valence-corrected chi connectivity index (χ4v) is 2.45. The summed E-state index contributed by atoms with van der Waals surface area (Å²) in [5, 5.41) is 18.5. The first-order valence-electron chi connectivity index (χ1n) is 7.76. The maximum atomic E-state index is 12.2. The lowest BCUT2D eigenvalue weighted by molar-refractivity contribution is -0.148. The van der Waals surface area contributed by atoms with E-state index >= 15 is 0 Å². The molecule has 27 heavy (non-hydrogen) atoms. The van der Waals surface area contributed by atoms with Gasteiger partial charge in [-0.05, 0) is 36.2 Å². The van der Waals surface area contributed by atoms with Crippen molar-refractivity contribution in [1.29, 1.82) is 0 Å². The van der Waals surface area contributed by atoms with Crippen LogP contribution in [0.2, 0.25) is 0 Å². The monoisotopic (exact) mass is 371 g/mol. The molecule has 2 aromatic rings. The topological polar surface area (TPSA) is 164 Å². The number of nitrogens with zero attached hydrogens (tertiary/aromatic N) is 1. The van der Waals surface area contributed by atoms with Crippen LogP contribution in [-0.4, -0.2) is 40.0 Å². The molecule has 0 aromatic heterocycles. The first kappa shape index (κ1) is 19.6. The molecule has 140 valence electrons. The number of carboxylic acids is 2. The maximum Gasteiger partial charge on any atom is 0.395 e. The molecule has 0 radical (unpaired) electrons. The Morgan fingerprint density at radius 3 is 2.07 bits per heavy atom. The van der Waals surface area contributed by atoms with E-state index in [1.807, 2.05) is 0 Å². The summed E-state index contributed by atoms with van der Waals surface area (Å²) >= 11 is 0. The summed E-state index contributed by atoms with van der Waals surface area (Å²) in [5.74, 6) is -5.03. The van der Waals surface area contributed by atoms with E-state index in [4.69, 9.17) is 16.6 Å². The van der Waals surface area contributed by atoms with Crippen LogP contribution in [0.15, 0.2) is 48.5 Å². The van der Waals surface area contributed by atoms with Crippen LogP contribution in [0.25, 0.3) is 0 Å². The minimum Gasteiger partial charge on any atom is -0.478 e. The number of para-hydroxylation sites is 1. The molecule has 0 aliphatic rings. The normalized spacial score (nSPS) is 11.4. The Kier molecular flexibility index (Phi) is 5.89. The smallest absolute Gasteiger partial charge is 0.395 e. The minimum absolute atomic E-state index is 0.0843. The molecule has 2 rings (SSSR count). The van der Waals surface area contributed by atoms with E-state index in [0.717, 1.165) is 4.90 Å². The number of aliphatic carboxylic acids is 1. The molecule has 0 bridgehead atoms. The zero-order valence-electron chi connectivity index (χ0n) is 14.0. The van der Waals surface area contributed by atoms with Gasteiger partial charge in [0, 0.05) is 5.69 Å². The van der Waals surface area contributed by atoms with Crippen molar-refractivity contribution in [2.75, 3.05) is 4.90 Å². The van der Waals surface area contributed by atoms with Gasteiger partial charge in [-0.2, -0.15) is 0 Å². The molecule has 0 saturated heterocycles. The van der Waals surface area contributed by atoms with Gasteiger partial charge in [0.15, 0.2) is 0 Å². The number of benzene rings is 2. The largest absolute Gasteiger partial charge is 0.478 e. The Labute approximate surface area is 153 Å². The summed E-state index contributed by atoms with van der Waals surface area (Å²) in [5.41, 5.74) is 11.2. The average molecular weight is 371 g/mol. The van der Waals surface area contributed by atoms with Crippen LogP contribution in [0.4, 0.5) is 11.4 Å². The second-order valence-corrected chi connectivity index (χ2v) is 5.65. The summed E-state index contributed by atoms with van der Waals surface area (Å²) < 4.78 is 0. The lowest BCUT2D eigenvalue weighted by Gasteiger charge is -2.23. The van der Waals surface area contributed by atoms with Crippen LogP contribution in [-0.2, 0) is 20.8 Å². The Morgan fingerprint density at radius 2 is 1.56 bits per heavy atom. The van der Waals surface area contributed by atoms with Gasteiger partial charge in [-0.15, -0.1) is 0 Å². The molecule has 2 aromatic carbocycles. The zero-order chi connectivity index (χ0) is 20.1. The van der Waals surface area contributed by atoms with Gasteiger partial charge in [-0.3, -0.25) is 14.5 Å². The van der Waals surface area contributed by atoms with Crippen molar-refractivity contribution < 1.29 is 29.4 Å². The minimum atomic E-state index is -1.74. The zero-order valence-corrected chi connectivity index (χ0v) is 14.0. The lowest BCUT2D eigenvalue weighted by atomic mass is 10.0. The molecule has 1 unspecified atom stereocenters. The van der Waals surface area contributed by atoms with Gasteiger partial charge < -0.3 is 21.7 Å². The third-order valence-electron chi connectivity index (χ3n) is 3.78.